The molecule has 2 rings (SSSR count). The molecule has 28 heavy (non-hydrogen) atoms. The lowest BCUT2D eigenvalue weighted by molar-refractivity contribution is -0.387. The fraction of sp³-hybridized carbons (Fsp3) is 0.429. The van der Waals surface area contributed by atoms with Crippen LogP contribution in [0.3, 0.4) is 0 Å². The normalized spacial score (nSPS) is 15.6. The predicted octanol–water partition coefficient (Wildman–Crippen LogP) is 3.28. The molecular weight excluding hydrogens is 422 g/mol. The summed E-state index contributed by atoms with van der Waals surface area (Å²) < 4.78 is 99.3. The summed E-state index contributed by atoms with van der Waals surface area (Å²) >= 11 is 0. The second-order valence-corrected chi connectivity index (χ2v) is 8.38. The van der Waals surface area contributed by atoms with Crippen molar-refractivity contribution in [3.63, 3.8) is 0 Å². The first-order valence-electron chi connectivity index (χ1n) is 7.30. The van der Waals surface area contributed by atoms with Crippen LogP contribution in [0.1, 0.15) is 18.2 Å². The van der Waals surface area contributed by atoms with Crippen LogP contribution in [0.2, 0.25) is 0 Å². The van der Waals surface area contributed by atoms with Gasteiger partial charge in [-0.05, 0) is 19.1 Å². The lowest BCUT2D eigenvalue weighted by atomic mass is 10.1. The maximum Gasteiger partial charge on any atom is 0.423 e. The van der Waals surface area contributed by atoms with Gasteiger partial charge in [0.1, 0.15) is 16.9 Å². The fourth-order valence-corrected chi connectivity index (χ4v) is 4.26. The van der Waals surface area contributed by atoms with Gasteiger partial charge in [-0.3, -0.25) is 10.1 Å². The van der Waals surface area contributed by atoms with Gasteiger partial charge in [0, 0.05) is 22.7 Å². The average molecular weight is 434 g/mol. The van der Waals surface area contributed by atoms with E-state index in [4.69, 9.17) is 0 Å². The van der Waals surface area contributed by atoms with Gasteiger partial charge < -0.3 is 10.1 Å². The molecule has 0 saturated heterocycles. The molecule has 1 heterocycles. The van der Waals surface area contributed by atoms with Crippen molar-refractivity contribution in [1.29, 1.82) is 0 Å². The molecule has 0 aliphatic rings. The molecule has 156 valence electrons. The molecular formula is C14H12F6N2O5S. The van der Waals surface area contributed by atoms with Crippen LogP contribution in [0.5, 0.6) is 0 Å². The Hall–Kier alpha value is -2.35. The third kappa shape index (κ3) is 4.92. The number of aromatic amines is 1. The Morgan fingerprint density at radius 2 is 1.68 bits per heavy atom. The molecule has 0 fully saturated rings. The van der Waals surface area contributed by atoms with Gasteiger partial charge in [0.2, 0.25) is 0 Å². The Labute approximate surface area is 153 Å². The van der Waals surface area contributed by atoms with Crippen molar-refractivity contribution in [3.05, 3.63) is 39.6 Å². The number of halogens is 6. The highest BCUT2D eigenvalue weighted by atomic mass is 32.2. The Kier molecular flexibility index (Phi) is 5.19. The maximum absolute atomic E-state index is 13.0. The van der Waals surface area contributed by atoms with Crippen molar-refractivity contribution < 1.29 is 44.8 Å². The van der Waals surface area contributed by atoms with Gasteiger partial charge in [0.25, 0.3) is 5.69 Å². The summed E-state index contributed by atoms with van der Waals surface area (Å²) in [6.45, 7) is 0.852. The summed E-state index contributed by atoms with van der Waals surface area (Å²) in [5.74, 6) is -3.57. The van der Waals surface area contributed by atoms with Crippen LogP contribution in [0.15, 0.2) is 18.2 Å². The maximum atomic E-state index is 13.0. The predicted molar refractivity (Wildman–Crippen MR) is 84.2 cm³/mol. The average Bonchev–Trinajstić information content (AvgIpc) is 2.84. The largest absolute Gasteiger partial charge is 0.423 e. The molecule has 0 amide bonds. The molecule has 1 atom stereocenters. The van der Waals surface area contributed by atoms with Crippen LogP contribution < -0.4 is 0 Å². The number of nitro groups is 1. The van der Waals surface area contributed by atoms with Crippen molar-refractivity contribution in [2.24, 2.45) is 0 Å². The fourth-order valence-electron chi connectivity index (χ4n) is 2.64. The number of fused-ring (bicyclic) bond motifs is 1. The minimum absolute atomic E-state index is 0.164. The first kappa shape index (κ1) is 21.9. The number of H-pyrrole nitrogens is 1. The number of alkyl halides is 6. The van der Waals surface area contributed by atoms with Crippen LogP contribution in [0, 0.1) is 10.1 Å². The van der Waals surface area contributed by atoms with Gasteiger partial charge in [0.05, 0.1) is 10.7 Å². The SMILES string of the molecule is CC(O)(CS(=O)(=O)CC(F)(F)F)c1cc2cc([N+](=O)[O-])c(C(F)(F)F)cc2[nH]1. The number of aromatic nitrogens is 1. The zero-order chi connectivity index (χ0) is 21.7. The van der Waals surface area contributed by atoms with Gasteiger partial charge in [-0.2, -0.15) is 26.3 Å². The minimum Gasteiger partial charge on any atom is -0.383 e. The zero-order valence-electron chi connectivity index (χ0n) is 13.8. The number of hydrogen-bond acceptors (Lipinski definition) is 5. The Morgan fingerprint density at radius 1 is 1.11 bits per heavy atom. The minimum atomic E-state index is -5.07. The molecule has 0 spiro atoms. The monoisotopic (exact) mass is 434 g/mol. The van der Waals surface area contributed by atoms with Gasteiger partial charge >= 0.3 is 12.4 Å². The molecule has 1 aromatic carbocycles. The van der Waals surface area contributed by atoms with Crippen molar-refractivity contribution in [1.82, 2.24) is 4.98 Å². The highest BCUT2D eigenvalue weighted by Crippen LogP contribution is 2.39. The third-order valence-corrected chi connectivity index (χ3v) is 5.47. The van der Waals surface area contributed by atoms with Crippen LogP contribution in [0.25, 0.3) is 10.9 Å². The van der Waals surface area contributed by atoms with E-state index in [1.165, 1.54) is 0 Å². The van der Waals surface area contributed by atoms with E-state index in [9.17, 15) is 50.0 Å². The Balaban J connectivity index is 2.52. The highest BCUT2D eigenvalue weighted by Gasteiger charge is 2.41. The van der Waals surface area contributed by atoms with Crippen LogP contribution in [-0.4, -0.2) is 41.1 Å². The molecule has 0 aliphatic carbocycles. The second-order valence-electron chi connectivity index (χ2n) is 6.32. The number of hydrogen-bond donors (Lipinski definition) is 2. The highest BCUT2D eigenvalue weighted by molar-refractivity contribution is 7.91. The number of nitrogens with one attached hydrogen (secondary N) is 1. The van der Waals surface area contributed by atoms with Crippen molar-refractivity contribution in [3.8, 4) is 0 Å². The number of sulfone groups is 1. The van der Waals surface area contributed by atoms with Gasteiger partial charge in [0.15, 0.2) is 9.84 Å². The molecule has 0 bridgehead atoms. The van der Waals surface area contributed by atoms with Crippen LogP contribution in [0.4, 0.5) is 32.0 Å². The number of rotatable bonds is 5. The third-order valence-electron chi connectivity index (χ3n) is 3.70. The quantitative estimate of drug-likeness (QED) is 0.426. The van der Waals surface area contributed by atoms with E-state index in [2.05, 4.69) is 4.98 Å². The molecule has 0 aliphatic heterocycles. The first-order chi connectivity index (χ1) is 12.4. The molecule has 0 saturated carbocycles. The first-order valence-corrected chi connectivity index (χ1v) is 9.12. The summed E-state index contributed by atoms with van der Waals surface area (Å²) in [5.41, 5.74) is -6.00. The lowest BCUT2D eigenvalue weighted by Gasteiger charge is -2.22. The number of aliphatic hydroxyl groups is 1. The Bertz CT molecular complexity index is 1020. The summed E-state index contributed by atoms with van der Waals surface area (Å²) in [5, 5.41) is 21.0. The van der Waals surface area contributed by atoms with Crippen molar-refractivity contribution >= 4 is 26.4 Å². The number of nitro benzene ring substituents is 1. The molecule has 1 aromatic heterocycles. The zero-order valence-corrected chi connectivity index (χ0v) is 14.7. The smallest absolute Gasteiger partial charge is 0.383 e. The molecule has 7 nitrogen and oxygen atoms in total. The molecule has 14 heteroatoms. The second kappa shape index (κ2) is 6.62. The summed E-state index contributed by atoms with van der Waals surface area (Å²) in [4.78, 5) is 11.9. The molecule has 2 aromatic rings. The van der Waals surface area contributed by atoms with E-state index < -0.39 is 61.2 Å². The van der Waals surface area contributed by atoms with Gasteiger partial charge in [-0.25, -0.2) is 8.42 Å². The van der Waals surface area contributed by atoms with Gasteiger partial charge in [-0.15, -0.1) is 0 Å². The summed E-state index contributed by atoms with van der Waals surface area (Å²) in [7, 11) is -4.82. The molecule has 0 radical (unpaired) electrons. The van der Waals surface area contributed by atoms with E-state index in [-0.39, 0.29) is 10.9 Å². The molecule has 1 unspecified atom stereocenters. The topological polar surface area (TPSA) is 113 Å². The van der Waals surface area contributed by atoms with E-state index in [1.54, 1.807) is 0 Å². The van der Waals surface area contributed by atoms with Crippen LogP contribution in [-0.2, 0) is 21.6 Å². The standard InChI is InChI=1S/C14H12F6N2O5S/c1-12(23,5-28(26,27)6-13(15,16)17)11-3-7-2-10(22(24)25)8(14(18,19)20)4-9(7)21-11/h2-4,21,23H,5-6H2,1H3. The van der Waals surface area contributed by atoms with E-state index in [0.29, 0.717) is 12.1 Å². The Morgan fingerprint density at radius 3 is 2.14 bits per heavy atom. The molecule has 2 N–H and O–H groups in total. The van der Waals surface area contributed by atoms with Crippen molar-refractivity contribution in [2.45, 2.75) is 24.9 Å². The van der Waals surface area contributed by atoms with E-state index >= 15 is 0 Å². The summed E-state index contributed by atoms with van der Waals surface area (Å²) in [6.07, 6.45) is -10.1. The van der Waals surface area contributed by atoms with E-state index in [0.717, 1.165) is 13.0 Å². The number of nitrogens with zero attached hydrogens (tertiary/aromatic N) is 1. The number of benzene rings is 1. The lowest BCUT2D eigenvalue weighted by Crippen LogP contribution is -2.36. The van der Waals surface area contributed by atoms with E-state index in [1.807, 2.05) is 0 Å². The summed E-state index contributed by atoms with van der Waals surface area (Å²) in [6, 6.07) is 1.90. The van der Waals surface area contributed by atoms with Crippen molar-refractivity contribution in [2.75, 3.05) is 11.5 Å². The van der Waals surface area contributed by atoms with Crippen LogP contribution >= 0.6 is 0 Å². The van der Waals surface area contributed by atoms with Gasteiger partial charge in [-0.1, -0.05) is 0 Å².